The van der Waals surface area contributed by atoms with E-state index in [1.807, 2.05) is 16.5 Å². The molecule has 0 atom stereocenters. The van der Waals surface area contributed by atoms with Crippen molar-refractivity contribution in [2.45, 2.75) is 17.7 Å². The van der Waals surface area contributed by atoms with Gasteiger partial charge in [0.25, 0.3) is 15.9 Å². The standard InChI is InChI=1S/C20H19Cl2N3O3S/c1-24-12-18(20(26)25-6-2-3-7-25)17-5-4-15(11-19(17)24)23-29(27,28)16-9-13(21)8-14(22)10-16/h4-5,8-12,23H,2-3,6-7H2,1H3. The third kappa shape index (κ3) is 3.95. The Hall–Kier alpha value is -2.22. The Morgan fingerprint density at radius 2 is 1.69 bits per heavy atom. The lowest BCUT2D eigenvalue weighted by Gasteiger charge is -2.14. The SMILES string of the molecule is Cn1cc(C(=O)N2CCCC2)c2ccc(NS(=O)(=O)c3cc(Cl)cc(Cl)c3)cc21. The summed E-state index contributed by atoms with van der Waals surface area (Å²) in [7, 11) is -2.03. The average molecular weight is 452 g/mol. The molecule has 1 aliphatic heterocycles. The van der Waals surface area contributed by atoms with Crippen molar-refractivity contribution in [1.29, 1.82) is 0 Å². The third-order valence-corrected chi connectivity index (χ3v) is 6.81. The van der Waals surface area contributed by atoms with E-state index in [1.165, 1.54) is 18.2 Å². The molecule has 0 radical (unpaired) electrons. The Bertz CT molecular complexity index is 1190. The molecule has 0 bridgehead atoms. The maximum Gasteiger partial charge on any atom is 0.261 e. The van der Waals surface area contributed by atoms with Crippen molar-refractivity contribution >= 4 is 55.7 Å². The second-order valence-corrected chi connectivity index (χ2v) is 9.65. The second kappa shape index (κ2) is 7.55. The fourth-order valence-electron chi connectivity index (χ4n) is 3.61. The van der Waals surface area contributed by atoms with E-state index in [0.29, 0.717) is 11.3 Å². The monoisotopic (exact) mass is 451 g/mol. The second-order valence-electron chi connectivity index (χ2n) is 7.10. The Morgan fingerprint density at radius 3 is 2.34 bits per heavy atom. The Kier molecular flexibility index (Phi) is 5.23. The Morgan fingerprint density at radius 1 is 1.03 bits per heavy atom. The number of anilines is 1. The summed E-state index contributed by atoms with van der Waals surface area (Å²) in [6, 6.07) is 9.26. The Balaban J connectivity index is 1.67. The number of likely N-dealkylation sites (tertiary alicyclic amines) is 1. The van der Waals surface area contributed by atoms with E-state index in [4.69, 9.17) is 23.2 Å². The minimum Gasteiger partial charge on any atom is -0.350 e. The van der Waals surface area contributed by atoms with Gasteiger partial charge in [-0.2, -0.15) is 0 Å². The first-order chi connectivity index (χ1) is 13.7. The number of aryl methyl sites for hydroxylation is 1. The van der Waals surface area contributed by atoms with E-state index >= 15 is 0 Å². The first kappa shape index (κ1) is 20.1. The molecule has 9 heteroatoms. The summed E-state index contributed by atoms with van der Waals surface area (Å²) in [5, 5.41) is 1.26. The maximum absolute atomic E-state index is 12.8. The molecule has 0 spiro atoms. The molecule has 1 aliphatic rings. The van der Waals surface area contributed by atoms with Crippen molar-refractivity contribution in [3.63, 3.8) is 0 Å². The number of amides is 1. The molecule has 1 N–H and O–H groups in total. The summed E-state index contributed by atoms with van der Waals surface area (Å²) in [4.78, 5) is 14.6. The smallest absolute Gasteiger partial charge is 0.261 e. The minimum absolute atomic E-state index is 0.00926. The topological polar surface area (TPSA) is 71.4 Å². The highest BCUT2D eigenvalue weighted by atomic mass is 35.5. The molecule has 0 aliphatic carbocycles. The predicted octanol–water partition coefficient (Wildman–Crippen LogP) is 4.52. The predicted molar refractivity (Wildman–Crippen MR) is 115 cm³/mol. The molecule has 0 saturated carbocycles. The number of rotatable bonds is 4. The highest BCUT2D eigenvalue weighted by Gasteiger charge is 2.23. The first-order valence-electron chi connectivity index (χ1n) is 9.12. The Labute approximate surface area is 179 Å². The zero-order chi connectivity index (χ0) is 20.8. The van der Waals surface area contributed by atoms with Gasteiger partial charge in [-0.25, -0.2) is 8.42 Å². The maximum atomic E-state index is 12.8. The number of sulfonamides is 1. The molecule has 152 valence electrons. The van der Waals surface area contributed by atoms with Crippen LogP contribution in [0.1, 0.15) is 23.2 Å². The van der Waals surface area contributed by atoms with Crippen LogP contribution in [0.25, 0.3) is 10.9 Å². The van der Waals surface area contributed by atoms with E-state index < -0.39 is 10.0 Å². The van der Waals surface area contributed by atoms with E-state index in [2.05, 4.69) is 4.72 Å². The van der Waals surface area contributed by atoms with Crippen LogP contribution >= 0.6 is 23.2 Å². The van der Waals surface area contributed by atoms with Crippen LogP contribution < -0.4 is 4.72 Å². The van der Waals surface area contributed by atoms with Crippen LogP contribution in [0.2, 0.25) is 10.0 Å². The number of carbonyl (C=O) groups is 1. The lowest BCUT2D eigenvalue weighted by molar-refractivity contribution is 0.0794. The molecule has 1 aromatic heterocycles. The number of aromatic nitrogens is 1. The van der Waals surface area contributed by atoms with Crippen molar-refractivity contribution in [3.8, 4) is 0 Å². The van der Waals surface area contributed by atoms with Gasteiger partial charge in [-0.1, -0.05) is 23.2 Å². The molecule has 3 aromatic rings. The van der Waals surface area contributed by atoms with Gasteiger partial charge < -0.3 is 9.47 Å². The lowest BCUT2D eigenvalue weighted by Crippen LogP contribution is -2.27. The summed E-state index contributed by atoms with van der Waals surface area (Å²) >= 11 is 11.9. The van der Waals surface area contributed by atoms with Crippen LogP contribution in [0.4, 0.5) is 5.69 Å². The van der Waals surface area contributed by atoms with Crippen molar-refractivity contribution in [2.24, 2.45) is 7.05 Å². The van der Waals surface area contributed by atoms with Crippen LogP contribution in [0, 0.1) is 0 Å². The van der Waals surface area contributed by atoms with Gasteiger partial charge in [0.05, 0.1) is 21.7 Å². The highest BCUT2D eigenvalue weighted by Crippen LogP contribution is 2.28. The lowest BCUT2D eigenvalue weighted by atomic mass is 10.1. The van der Waals surface area contributed by atoms with E-state index in [1.54, 1.807) is 24.4 Å². The van der Waals surface area contributed by atoms with Gasteiger partial charge in [-0.05, 0) is 49.2 Å². The summed E-state index contributed by atoms with van der Waals surface area (Å²) in [5.74, 6) is 0.00926. The van der Waals surface area contributed by atoms with Gasteiger partial charge in [0.1, 0.15) is 0 Å². The molecule has 29 heavy (non-hydrogen) atoms. The van der Waals surface area contributed by atoms with Crippen LogP contribution in [0.15, 0.2) is 47.5 Å². The molecule has 2 heterocycles. The van der Waals surface area contributed by atoms with Gasteiger partial charge in [0, 0.05) is 41.8 Å². The number of nitrogens with one attached hydrogen (secondary N) is 1. The van der Waals surface area contributed by atoms with E-state index in [0.717, 1.165) is 36.8 Å². The number of hydrogen-bond acceptors (Lipinski definition) is 3. The molecular weight excluding hydrogens is 433 g/mol. The van der Waals surface area contributed by atoms with Crippen molar-refractivity contribution in [3.05, 3.63) is 58.2 Å². The van der Waals surface area contributed by atoms with Crippen LogP contribution in [-0.2, 0) is 17.1 Å². The number of fused-ring (bicyclic) bond motifs is 1. The van der Waals surface area contributed by atoms with Crippen LogP contribution in [0.3, 0.4) is 0 Å². The average Bonchev–Trinajstić information content (AvgIpc) is 3.29. The van der Waals surface area contributed by atoms with Crippen LogP contribution in [-0.4, -0.2) is 36.9 Å². The molecular formula is C20H19Cl2N3O3S. The summed E-state index contributed by atoms with van der Waals surface area (Å²) in [6.45, 7) is 1.55. The van der Waals surface area contributed by atoms with Gasteiger partial charge in [-0.15, -0.1) is 0 Å². The molecule has 0 unspecified atom stereocenters. The van der Waals surface area contributed by atoms with Crippen molar-refractivity contribution in [1.82, 2.24) is 9.47 Å². The zero-order valence-corrected chi connectivity index (χ0v) is 18.0. The fraction of sp³-hybridized carbons (Fsp3) is 0.250. The number of halogens is 2. The zero-order valence-electron chi connectivity index (χ0n) is 15.7. The molecule has 1 amide bonds. The summed E-state index contributed by atoms with van der Waals surface area (Å²) < 4.78 is 29.8. The number of nitrogens with zero attached hydrogens (tertiary/aromatic N) is 2. The minimum atomic E-state index is -3.87. The molecule has 2 aromatic carbocycles. The largest absolute Gasteiger partial charge is 0.350 e. The van der Waals surface area contributed by atoms with Gasteiger partial charge in [0.15, 0.2) is 0 Å². The van der Waals surface area contributed by atoms with Gasteiger partial charge in [0.2, 0.25) is 0 Å². The summed E-state index contributed by atoms with van der Waals surface area (Å²) in [5.41, 5.74) is 1.77. The first-order valence-corrected chi connectivity index (χ1v) is 11.4. The quantitative estimate of drug-likeness (QED) is 0.633. The number of benzene rings is 2. The number of hydrogen-bond donors (Lipinski definition) is 1. The van der Waals surface area contributed by atoms with E-state index in [-0.39, 0.29) is 20.8 Å². The van der Waals surface area contributed by atoms with Crippen molar-refractivity contribution < 1.29 is 13.2 Å². The van der Waals surface area contributed by atoms with Crippen LogP contribution in [0.5, 0.6) is 0 Å². The molecule has 1 saturated heterocycles. The number of carbonyl (C=O) groups excluding carboxylic acids is 1. The highest BCUT2D eigenvalue weighted by molar-refractivity contribution is 7.92. The van der Waals surface area contributed by atoms with Gasteiger partial charge in [-0.3, -0.25) is 9.52 Å². The van der Waals surface area contributed by atoms with Gasteiger partial charge >= 0.3 is 0 Å². The normalized spacial score (nSPS) is 14.5. The molecule has 4 rings (SSSR count). The molecule has 1 fully saturated rings. The third-order valence-electron chi connectivity index (χ3n) is 5.01. The molecule has 6 nitrogen and oxygen atoms in total. The van der Waals surface area contributed by atoms with E-state index in [9.17, 15) is 13.2 Å². The fourth-order valence-corrected chi connectivity index (χ4v) is 5.38. The van der Waals surface area contributed by atoms with Crippen molar-refractivity contribution in [2.75, 3.05) is 17.8 Å². The summed E-state index contributed by atoms with van der Waals surface area (Å²) in [6.07, 6.45) is 3.84.